The first-order valence-corrected chi connectivity index (χ1v) is 6.97. The van der Waals surface area contributed by atoms with Gasteiger partial charge in [-0.15, -0.1) is 0 Å². The van der Waals surface area contributed by atoms with Crippen LogP contribution in [0.25, 0.3) is 10.9 Å². The number of amides is 1. The molecular weight excluding hydrogens is 280 g/mol. The minimum Gasteiger partial charge on any atom is -0.464 e. The predicted molar refractivity (Wildman–Crippen MR) is 83.8 cm³/mol. The molecular formula is C17H16N2O3. The zero-order valence-electron chi connectivity index (χ0n) is 12.4. The lowest BCUT2D eigenvalue weighted by molar-refractivity contribution is 0.0776. The highest BCUT2D eigenvalue weighted by atomic mass is 16.3. The quantitative estimate of drug-likeness (QED) is 0.808. The third-order valence-electron chi connectivity index (χ3n) is 3.52. The van der Waals surface area contributed by atoms with E-state index in [0.717, 1.165) is 11.1 Å². The Morgan fingerprint density at radius 3 is 2.73 bits per heavy atom. The van der Waals surface area contributed by atoms with Crippen LogP contribution in [0.5, 0.6) is 0 Å². The molecule has 1 aromatic carbocycles. The molecule has 0 spiro atoms. The van der Waals surface area contributed by atoms with E-state index in [1.165, 1.54) is 6.07 Å². The SMILES string of the molecule is Cc1ccc(CN(C)C(=O)c2cc(=O)[nH]c3ccccc23)o1. The molecule has 0 atom stereocenters. The van der Waals surface area contributed by atoms with E-state index in [0.29, 0.717) is 23.4 Å². The van der Waals surface area contributed by atoms with Crippen LogP contribution >= 0.6 is 0 Å². The van der Waals surface area contributed by atoms with Crippen molar-refractivity contribution in [1.82, 2.24) is 9.88 Å². The molecule has 2 aromatic heterocycles. The van der Waals surface area contributed by atoms with Crippen molar-refractivity contribution in [3.63, 3.8) is 0 Å². The minimum absolute atomic E-state index is 0.212. The number of para-hydroxylation sites is 1. The molecule has 0 saturated carbocycles. The molecule has 0 saturated heterocycles. The minimum atomic E-state index is -0.288. The van der Waals surface area contributed by atoms with Gasteiger partial charge in [-0.25, -0.2) is 0 Å². The fourth-order valence-electron chi connectivity index (χ4n) is 2.46. The molecule has 22 heavy (non-hydrogen) atoms. The second-order valence-corrected chi connectivity index (χ2v) is 5.27. The molecule has 1 N–H and O–H groups in total. The van der Waals surface area contributed by atoms with Gasteiger partial charge in [0, 0.05) is 24.0 Å². The summed E-state index contributed by atoms with van der Waals surface area (Å²) in [6, 6.07) is 12.3. The number of carbonyl (C=O) groups is 1. The highest BCUT2D eigenvalue weighted by molar-refractivity contribution is 6.05. The number of furan rings is 1. The molecule has 0 radical (unpaired) electrons. The van der Waals surface area contributed by atoms with Crippen LogP contribution < -0.4 is 5.56 Å². The molecule has 5 heteroatoms. The number of carbonyl (C=O) groups excluding carboxylic acids is 1. The number of hydrogen-bond donors (Lipinski definition) is 1. The number of aryl methyl sites for hydroxylation is 1. The third-order valence-corrected chi connectivity index (χ3v) is 3.52. The summed E-state index contributed by atoms with van der Waals surface area (Å²) >= 11 is 0. The Hall–Kier alpha value is -2.82. The maximum atomic E-state index is 12.7. The Bertz CT molecular complexity index is 892. The Kier molecular flexibility index (Phi) is 3.55. The molecule has 0 aliphatic carbocycles. The summed E-state index contributed by atoms with van der Waals surface area (Å²) in [6.45, 7) is 2.21. The highest BCUT2D eigenvalue weighted by Crippen LogP contribution is 2.17. The van der Waals surface area contributed by atoms with Crippen molar-refractivity contribution in [1.29, 1.82) is 0 Å². The van der Waals surface area contributed by atoms with Gasteiger partial charge in [-0.05, 0) is 25.1 Å². The van der Waals surface area contributed by atoms with Crippen LogP contribution in [0.3, 0.4) is 0 Å². The van der Waals surface area contributed by atoms with E-state index in [4.69, 9.17) is 4.42 Å². The lowest BCUT2D eigenvalue weighted by Crippen LogP contribution is -2.27. The van der Waals surface area contributed by atoms with Crippen molar-refractivity contribution in [2.45, 2.75) is 13.5 Å². The number of rotatable bonds is 3. The van der Waals surface area contributed by atoms with Gasteiger partial charge in [0.05, 0.1) is 12.1 Å². The van der Waals surface area contributed by atoms with E-state index in [-0.39, 0.29) is 11.5 Å². The molecule has 0 aliphatic heterocycles. The molecule has 3 rings (SSSR count). The molecule has 0 fully saturated rings. The highest BCUT2D eigenvalue weighted by Gasteiger charge is 2.17. The van der Waals surface area contributed by atoms with Gasteiger partial charge in [-0.3, -0.25) is 9.59 Å². The number of aromatic amines is 1. The lowest BCUT2D eigenvalue weighted by atomic mass is 10.1. The van der Waals surface area contributed by atoms with E-state index in [2.05, 4.69) is 4.98 Å². The van der Waals surface area contributed by atoms with Crippen LogP contribution in [-0.4, -0.2) is 22.8 Å². The van der Waals surface area contributed by atoms with Gasteiger partial charge >= 0.3 is 0 Å². The maximum Gasteiger partial charge on any atom is 0.254 e. The summed E-state index contributed by atoms with van der Waals surface area (Å²) < 4.78 is 5.49. The van der Waals surface area contributed by atoms with Crippen LogP contribution in [0, 0.1) is 6.92 Å². The average Bonchev–Trinajstić information content (AvgIpc) is 2.90. The van der Waals surface area contributed by atoms with Crippen LogP contribution in [-0.2, 0) is 6.54 Å². The summed E-state index contributed by atoms with van der Waals surface area (Å²) in [6.07, 6.45) is 0. The first kappa shape index (κ1) is 14.1. The van der Waals surface area contributed by atoms with Gasteiger partial charge in [0.25, 0.3) is 5.91 Å². The fraction of sp³-hybridized carbons (Fsp3) is 0.176. The topological polar surface area (TPSA) is 66.3 Å². The molecule has 0 aliphatic rings. The van der Waals surface area contributed by atoms with E-state index >= 15 is 0 Å². The van der Waals surface area contributed by atoms with E-state index in [1.807, 2.05) is 37.3 Å². The molecule has 112 valence electrons. The zero-order chi connectivity index (χ0) is 15.7. The van der Waals surface area contributed by atoms with E-state index in [1.54, 1.807) is 18.0 Å². The molecule has 0 unspecified atom stereocenters. The van der Waals surface area contributed by atoms with Crippen molar-refractivity contribution < 1.29 is 9.21 Å². The standard InChI is InChI=1S/C17H16N2O3/c1-11-7-8-12(22-11)10-19(2)17(21)14-9-16(20)18-15-6-4-3-5-13(14)15/h3-9H,10H2,1-2H3,(H,18,20). The molecule has 1 amide bonds. The number of H-pyrrole nitrogens is 1. The van der Waals surface area contributed by atoms with Crippen molar-refractivity contribution in [3.05, 3.63) is 69.9 Å². The first-order chi connectivity index (χ1) is 10.5. The van der Waals surface area contributed by atoms with Crippen LogP contribution in [0.2, 0.25) is 0 Å². The van der Waals surface area contributed by atoms with Gasteiger partial charge < -0.3 is 14.3 Å². The van der Waals surface area contributed by atoms with Crippen LogP contribution in [0.15, 0.2) is 51.7 Å². The maximum absolute atomic E-state index is 12.7. The van der Waals surface area contributed by atoms with Gasteiger partial charge in [-0.1, -0.05) is 18.2 Å². The normalized spacial score (nSPS) is 10.8. The Morgan fingerprint density at radius 2 is 2.00 bits per heavy atom. The number of benzene rings is 1. The third kappa shape index (κ3) is 2.65. The van der Waals surface area contributed by atoms with E-state index in [9.17, 15) is 9.59 Å². The fourth-order valence-corrected chi connectivity index (χ4v) is 2.46. The molecule has 5 nitrogen and oxygen atoms in total. The lowest BCUT2D eigenvalue weighted by Gasteiger charge is -2.16. The Morgan fingerprint density at radius 1 is 1.23 bits per heavy atom. The van der Waals surface area contributed by atoms with Crippen LogP contribution in [0.1, 0.15) is 21.9 Å². The first-order valence-electron chi connectivity index (χ1n) is 6.97. The van der Waals surface area contributed by atoms with Crippen molar-refractivity contribution in [2.75, 3.05) is 7.05 Å². The number of hydrogen-bond acceptors (Lipinski definition) is 3. The summed E-state index contributed by atoms with van der Waals surface area (Å²) in [4.78, 5) is 28.7. The monoisotopic (exact) mass is 296 g/mol. The Balaban J connectivity index is 1.96. The predicted octanol–water partition coefficient (Wildman–Crippen LogP) is 2.70. The van der Waals surface area contributed by atoms with Crippen molar-refractivity contribution in [2.24, 2.45) is 0 Å². The second-order valence-electron chi connectivity index (χ2n) is 5.27. The Labute approximate surface area is 127 Å². The van der Waals surface area contributed by atoms with Gasteiger partial charge in [-0.2, -0.15) is 0 Å². The summed E-state index contributed by atoms with van der Waals surface area (Å²) in [5, 5.41) is 0.731. The van der Waals surface area contributed by atoms with Gasteiger partial charge in [0.2, 0.25) is 5.56 Å². The summed E-state index contributed by atoms with van der Waals surface area (Å²) in [5.74, 6) is 1.30. The summed E-state index contributed by atoms with van der Waals surface area (Å²) in [5.41, 5.74) is 0.759. The van der Waals surface area contributed by atoms with Crippen molar-refractivity contribution in [3.8, 4) is 0 Å². The number of nitrogens with zero attached hydrogens (tertiary/aromatic N) is 1. The molecule has 0 bridgehead atoms. The largest absolute Gasteiger partial charge is 0.464 e. The van der Waals surface area contributed by atoms with Crippen molar-refractivity contribution >= 4 is 16.8 Å². The van der Waals surface area contributed by atoms with E-state index < -0.39 is 0 Å². The number of nitrogens with one attached hydrogen (secondary N) is 1. The van der Waals surface area contributed by atoms with Gasteiger partial charge in [0.1, 0.15) is 11.5 Å². The molecule has 2 heterocycles. The summed E-state index contributed by atoms with van der Waals surface area (Å²) in [7, 11) is 1.69. The average molecular weight is 296 g/mol. The number of aromatic nitrogens is 1. The van der Waals surface area contributed by atoms with Gasteiger partial charge in [0.15, 0.2) is 0 Å². The second kappa shape index (κ2) is 5.52. The number of fused-ring (bicyclic) bond motifs is 1. The molecule has 3 aromatic rings. The number of pyridine rings is 1. The smallest absolute Gasteiger partial charge is 0.254 e. The zero-order valence-corrected chi connectivity index (χ0v) is 12.4. The van der Waals surface area contributed by atoms with Crippen LogP contribution in [0.4, 0.5) is 0 Å².